The number of aryl methyl sites for hydroxylation is 2. The largest absolute Gasteiger partial charge is 0.378 e. The fraction of sp³-hybridized carbons (Fsp3) is 0.250. The highest BCUT2D eigenvalue weighted by Crippen LogP contribution is 2.30. The summed E-state index contributed by atoms with van der Waals surface area (Å²) in [6.45, 7) is 5.85. The number of carbonyl (C=O) groups is 1. The van der Waals surface area contributed by atoms with Crippen molar-refractivity contribution in [2.24, 2.45) is 10.1 Å². The number of hydrogen-bond donors (Lipinski definition) is 0. The molecule has 3 rings (SSSR count). The van der Waals surface area contributed by atoms with E-state index in [1.165, 1.54) is 5.01 Å². The number of carbonyl (C=O) groups excluding carboxylic acids is 1. The number of amides is 1. The third-order valence-electron chi connectivity index (χ3n) is 4.20. The molecule has 1 amide bonds. The van der Waals surface area contributed by atoms with Gasteiger partial charge in [-0.2, -0.15) is 10.1 Å². The molecule has 0 bridgehead atoms. The molecule has 0 saturated carbocycles. The summed E-state index contributed by atoms with van der Waals surface area (Å²) in [6, 6.07) is 13.6. The second kappa shape index (κ2) is 6.51. The fourth-order valence-corrected chi connectivity index (χ4v) is 2.85. The number of nitrogens with zero attached hydrogens (tertiary/aromatic N) is 4. The van der Waals surface area contributed by atoms with Crippen molar-refractivity contribution in [2.75, 3.05) is 24.0 Å². The van der Waals surface area contributed by atoms with Crippen molar-refractivity contribution in [3.8, 4) is 0 Å². The number of hydrazone groups is 1. The molecular formula is C20H22N4O. The summed E-state index contributed by atoms with van der Waals surface area (Å²) in [4.78, 5) is 19.5. The summed E-state index contributed by atoms with van der Waals surface area (Å²) in [5.41, 5.74) is 5.79. The van der Waals surface area contributed by atoms with Gasteiger partial charge in [-0.25, -0.2) is 4.99 Å². The maximum absolute atomic E-state index is 12.8. The first-order valence-corrected chi connectivity index (χ1v) is 8.21. The van der Waals surface area contributed by atoms with E-state index in [4.69, 9.17) is 0 Å². The van der Waals surface area contributed by atoms with Gasteiger partial charge >= 0.3 is 0 Å². The van der Waals surface area contributed by atoms with Crippen LogP contribution in [0.15, 0.2) is 52.6 Å². The third-order valence-corrected chi connectivity index (χ3v) is 4.20. The molecule has 0 atom stereocenters. The van der Waals surface area contributed by atoms with Crippen molar-refractivity contribution in [1.29, 1.82) is 0 Å². The molecule has 25 heavy (non-hydrogen) atoms. The Morgan fingerprint density at radius 3 is 2.16 bits per heavy atom. The predicted octanol–water partition coefficient (Wildman–Crippen LogP) is 3.86. The maximum atomic E-state index is 12.8. The lowest BCUT2D eigenvalue weighted by molar-refractivity contribution is -0.112. The topological polar surface area (TPSA) is 48.3 Å². The molecule has 2 aromatic rings. The van der Waals surface area contributed by atoms with E-state index in [1.807, 2.05) is 65.2 Å². The summed E-state index contributed by atoms with van der Waals surface area (Å²) in [6.07, 6.45) is 0. The molecule has 1 aliphatic rings. The number of benzene rings is 2. The van der Waals surface area contributed by atoms with Crippen LogP contribution in [-0.2, 0) is 4.79 Å². The number of hydrogen-bond acceptors (Lipinski definition) is 4. The van der Waals surface area contributed by atoms with Gasteiger partial charge in [-0.05, 0) is 56.2 Å². The Labute approximate surface area is 148 Å². The van der Waals surface area contributed by atoms with Gasteiger partial charge in [-0.3, -0.25) is 4.79 Å². The Hall–Kier alpha value is -2.95. The van der Waals surface area contributed by atoms with Gasteiger partial charge in [0, 0.05) is 19.8 Å². The number of rotatable bonds is 3. The van der Waals surface area contributed by atoms with E-state index < -0.39 is 0 Å². The van der Waals surface area contributed by atoms with E-state index in [0.717, 1.165) is 28.2 Å². The van der Waals surface area contributed by atoms with Crippen molar-refractivity contribution in [2.45, 2.75) is 20.8 Å². The van der Waals surface area contributed by atoms with Crippen LogP contribution in [0.25, 0.3) is 0 Å². The van der Waals surface area contributed by atoms with Gasteiger partial charge in [0.1, 0.15) is 0 Å². The molecular weight excluding hydrogens is 312 g/mol. The van der Waals surface area contributed by atoms with E-state index >= 15 is 0 Å². The zero-order valence-corrected chi connectivity index (χ0v) is 15.2. The maximum Gasteiger partial charge on any atom is 0.299 e. The Morgan fingerprint density at radius 1 is 1.00 bits per heavy atom. The molecule has 0 radical (unpaired) electrons. The van der Waals surface area contributed by atoms with Gasteiger partial charge < -0.3 is 4.90 Å². The van der Waals surface area contributed by atoms with Crippen LogP contribution in [0.3, 0.4) is 0 Å². The normalized spacial score (nSPS) is 15.7. The van der Waals surface area contributed by atoms with Crippen molar-refractivity contribution >= 4 is 34.4 Å². The number of aliphatic imine (C=N–C) groups is 1. The lowest BCUT2D eigenvalue weighted by Gasteiger charge is -2.16. The average Bonchev–Trinajstić information content (AvgIpc) is 2.86. The molecule has 0 N–H and O–H groups in total. The van der Waals surface area contributed by atoms with Crippen LogP contribution >= 0.6 is 0 Å². The van der Waals surface area contributed by atoms with Crippen LogP contribution < -0.4 is 9.91 Å². The summed E-state index contributed by atoms with van der Waals surface area (Å²) in [7, 11) is 4.02. The zero-order chi connectivity index (χ0) is 18.1. The first kappa shape index (κ1) is 16.9. The van der Waals surface area contributed by atoms with Crippen LogP contribution in [0.2, 0.25) is 0 Å². The molecule has 0 unspecified atom stereocenters. The van der Waals surface area contributed by atoms with E-state index in [-0.39, 0.29) is 5.91 Å². The summed E-state index contributed by atoms with van der Waals surface area (Å²) in [5, 5.41) is 5.79. The van der Waals surface area contributed by atoms with Crippen molar-refractivity contribution < 1.29 is 4.79 Å². The van der Waals surface area contributed by atoms with E-state index in [9.17, 15) is 4.79 Å². The third kappa shape index (κ3) is 3.18. The monoisotopic (exact) mass is 334 g/mol. The van der Waals surface area contributed by atoms with Gasteiger partial charge in [0.15, 0.2) is 5.71 Å². The highest BCUT2D eigenvalue weighted by atomic mass is 16.2. The van der Waals surface area contributed by atoms with E-state index in [0.29, 0.717) is 11.4 Å². The minimum absolute atomic E-state index is 0.195. The molecule has 0 spiro atoms. The SMILES string of the molecule is CC1=NN(c2ccccc2)C(=O)C1=Nc1c(C)cc(N(C)C)cc1C. The minimum Gasteiger partial charge on any atom is -0.378 e. The summed E-state index contributed by atoms with van der Waals surface area (Å²) < 4.78 is 0. The number of anilines is 2. The number of para-hydroxylation sites is 1. The fourth-order valence-electron chi connectivity index (χ4n) is 2.85. The zero-order valence-electron chi connectivity index (χ0n) is 15.2. The molecule has 128 valence electrons. The Kier molecular flexibility index (Phi) is 4.40. The quantitative estimate of drug-likeness (QED) is 0.855. The lowest BCUT2D eigenvalue weighted by Crippen LogP contribution is -2.27. The van der Waals surface area contributed by atoms with Gasteiger partial charge in [-0.1, -0.05) is 18.2 Å². The predicted molar refractivity (Wildman–Crippen MR) is 104 cm³/mol. The van der Waals surface area contributed by atoms with Crippen molar-refractivity contribution in [3.63, 3.8) is 0 Å². The molecule has 5 heteroatoms. The lowest BCUT2D eigenvalue weighted by atomic mass is 10.1. The molecule has 0 saturated heterocycles. The van der Waals surface area contributed by atoms with Gasteiger partial charge in [0.2, 0.25) is 0 Å². The van der Waals surface area contributed by atoms with Crippen molar-refractivity contribution in [1.82, 2.24) is 0 Å². The Bertz CT molecular complexity index is 859. The second-order valence-electron chi connectivity index (χ2n) is 6.42. The first-order chi connectivity index (χ1) is 11.9. The Balaban J connectivity index is 2.00. The molecule has 0 aromatic heterocycles. The smallest absolute Gasteiger partial charge is 0.299 e. The molecule has 1 aliphatic heterocycles. The van der Waals surface area contributed by atoms with Gasteiger partial charge in [0.05, 0.1) is 17.1 Å². The highest BCUT2D eigenvalue weighted by Gasteiger charge is 2.30. The van der Waals surface area contributed by atoms with Crippen molar-refractivity contribution in [3.05, 3.63) is 53.6 Å². The minimum atomic E-state index is -0.195. The van der Waals surface area contributed by atoms with Crippen LogP contribution in [0.5, 0.6) is 0 Å². The summed E-state index contributed by atoms with van der Waals surface area (Å²) >= 11 is 0. The van der Waals surface area contributed by atoms with E-state index in [2.05, 4.69) is 27.1 Å². The van der Waals surface area contributed by atoms with E-state index in [1.54, 1.807) is 0 Å². The van der Waals surface area contributed by atoms with Gasteiger partial charge in [0.25, 0.3) is 5.91 Å². The molecule has 2 aromatic carbocycles. The van der Waals surface area contributed by atoms with Crippen LogP contribution in [0, 0.1) is 13.8 Å². The summed E-state index contributed by atoms with van der Waals surface area (Å²) in [5.74, 6) is -0.195. The second-order valence-corrected chi connectivity index (χ2v) is 6.42. The first-order valence-electron chi connectivity index (χ1n) is 8.21. The highest BCUT2D eigenvalue weighted by molar-refractivity contribution is 6.71. The van der Waals surface area contributed by atoms with Crippen LogP contribution in [-0.4, -0.2) is 31.4 Å². The molecule has 0 fully saturated rings. The Morgan fingerprint density at radius 2 is 1.60 bits per heavy atom. The van der Waals surface area contributed by atoms with Gasteiger partial charge in [-0.15, -0.1) is 0 Å². The standard InChI is InChI=1S/C20H22N4O/c1-13-11-17(23(4)5)12-14(2)18(13)21-19-15(3)22-24(20(19)25)16-9-7-6-8-10-16/h6-12H,1-5H3. The molecule has 5 nitrogen and oxygen atoms in total. The molecule has 1 heterocycles. The van der Waals surface area contributed by atoms with Crippen LogP contribution in [0.1, 0.15) is 18.1 Å². The molecule has 0 aliphatic carbocycles. The average molecular weight is 334 g/mol. The van der Waals surface area contributed by atoms with Crippen LogP contribution in [0.4, 0.5) is 17.1 Å².